The van der Waals surface area contributed by atoms with E-state index in [1.165, 1.54) is 32.4 Å². The third kappa shape index (κ3) is 1.56. The summed E-state index contributed by atoms with van der Waals surface area (Å²) in [6.45, 7) is 0. The highest BCUT2D eigenvalue weighted by molar-refractivity contribution is 5.90. The Hall–Kier alpha value is -2.17. The summed E-state index contributed by atoms with van der Waals surface area (Å²) in [5.74, 6) is 0.614. The minimum Gasteiger partial charge on any atom is -0.507 e. The number of aromatic hydroxyl groups is 1. The number of phenols is 1. The number of methoxy groups -OCH3 is 2. The van der Waals surface area contributed by atoms with Crippen LogP contribution >= 0.6 is 0 Å². The zero-order chi connectivity index (χ0) is 11.7. The molecular formula is C11H10O5. The molecule has 5 nitrogen and oxygen atoms in total. The smallest absolute Gasteiger partial charge is 0.339 e. The molecule has 1 N–H and O–H groups in total. The van der Waals surface area contributed by atoms with Gasteiger partial charge < -0.3 is 19.0 Å². The maximum atomic E-state index is 11.2. The van der Waals surface area contributed by atoms with E-state index in [4.69, 9.17) is 13.9 Å². The van der Waals surface area contributed by atoms with Crippen LogP contribution in [0.3, 0.4) is 0 Å². The van der Waals surface area contributed by atoms with Crippen LogP contribution < -0.4 is 15.1 Å². The number of fused-ring (bicyclic) bond motifs is 1. The lowest BCUT2D eigenvalue weighted by Gasteiger charge is -2.07. The monoisotopic (exact) mass is 222 g/mol. The van der Waals surface area contributed by atoms with E-state index in [1.54, 1.807) is 0 Å². The number of benzene rings is 1. The van der Waals surface area contributed by atoms with Crippen LogP contribution in [0.4, 0.5) is 0 Å². The first-order valence-electron chi connectivity index (χ1n) is 4.54. The maximum absolute atomic E-state index is 11.2. The van der Waals surface area contributed by atoms with Gasteiger partial charge in [-0.05, 0) is 0 Å². The molecule has 1 aromatic heterocycles. The number of phenolic OH excluding ortho intramolecular Hbond substituents is 1. The topological polar surface area (TPSA) is 68.9 Å². The first-order chi connectivity index (χ1) is 7.65. The van der Waals surface area contributed by atoms with Gasteiger partial charge in [0.2, 0.25) is 0 Å². The lowest BCUT2D eigenvalue weighted by Crippen LogP contribution is -1.99. The molecule has 1 aromatic carbocycles. The largest absolute Gasteiger partial charge is 0.507 e. The highest BCUT2D eigenvalue weighted by Gasteiger charge is 2.12. The molecule has 84 valence electrons. The second-order valence-corrected chi connectivity index (χ2v) is 3.15. The third-order valence-corrected chi connectivity index (χ3v) is 2.22. The Balaban J connectivity index is 2.88. The van der Waals surface area contributed by atoms with Crippen molar-refractivity contribution in [2.45, 2.75) is 0 Å². The third-order valence-electron chi connectivity index (χ3n) is 2.22. The van der Waals surface area contributed by atoms with Crippen molar-refractivity contribution in [3.63, 3.8) is 0 Å². The molecule has 0 fully saturated rings. The van der Waals surface area contributed by atoms with Crippen LogP contribution in [-0.2, 0) is 0 Å². The van der Waals surface area contributed by atoms with E-state index >= 15 is 0 Å². The van der Waals surface area contributed by atoms with Crippen molar-refractivity contribution in [3.8, 4) is 17.2 Å². The van der Waals surface area contributed by atoms with Crippen molar-refractivity contribution in [2.75, 3.05) is 14.2 Å². The molecule has 0 aliphatic carbocycles. The summed E-state index contributed by atoms with van der Waals surface area (Å²) in [6, 6.07) is 4.11. The Morgan fingerprint density at radius 3 is 2.56 bits per heavy atom. The Morgan fingerprint density at radius 2 is 1.94 bits per heavy atom. The molecular weight excluding hydrogens is 212 g/mol. The fourth-order valence-corrected chi connectivity index (χ4v) is 1.50. The molecule has 0 radical (unpaired) electrons. The average molecular weight is 222 g/mol. The fourth-order valence-electron chi connectivity index (χ4n) is 1.50. The summed E-state index contributed by atoms with van der Waals surface area (Å²) in [5.41, 5.74) is -0.321. The zero-order valence-electron chi connectivity index (χ0n) is 8.81. The van der Waals surface area contributed by atoms with E-state index in [0.29, 0.717) is 11.1 Å². The predicted molar refractivity (Wildman–Crippen MR) is 57.3 cm³/mol. The molecule has 0 atom stereocenters. The van der Waals surface area contributed by atoms with Crippen LogP contribution in [0.2, 0.25) is 0 Å². The quantitative estimate of drug-likeness (QED) is 0.780. The van der Waals surface area contributed by atoms with Crippen LogP contribution in [0, 0.1) is 0 Å². The standard InChI is InChI=1S/C11H10O5/c1-14-6-3-7(12)11-8(15-2)5-10(13)16-9(11)4-6/h3-5,12H,1-2H3. The van der Waals surface area contributed by atoms with Gasteiger partial charge in [-0.3, -0.25) is 0 Å². The Labute approximate surface area is 90.8 Å². The van der Waals surface area contributed by atoms with Crippen LogP contribution in [0.5, 0.6) is 17.2 Å². The first-order valence-corrected chi connectivity index (χ1v) is 4.54. The van der Waals surface area contributed by atoms with E-state index in [2.05, 4.69) is 0 Å². The van der Waals surface area contributed by atoms with Gasteiger partial charge in [0.05, 0.1) is 20.3 Å². The van der Waals surface area contributed by atoms with Crippen molar-refractivity contribution >= 4 is 11.0 Å². The van der Waals surface area contributed by atoms with Gasteiger partial charge in [-0.15, -0.1) is 0 Å². The van der Waals surface area contributed by atoms with Gasteiger partial charge in [0.15, 0.2) is 0 Å². The SMILES string of the molecule is COc1cc(O)c2c(OC)cc(=O)oc2c1. The lowest BCUT2D eigenvalue weighted by molar-refractivity contribution is 0.399. The van der Waals surface area contributed by atoms with E-state index in [1.807, 2.05) is 0 Å². The van der Waals surface area contributed by atoms with Crippen LogP contribution in [0.15, 0.2) is 27.4 Å². The summed E-state index contributed by atoms with van der Waals surface area (Å²) in [7, 11) is 2.87. The summed E-state index contributed by atoms with van der Waals surface area (Å²) in [5, 5.41) is 10.1. The van der Waals surface area contributed by atoms with Crippen LogP contribution in [-0.4, -0.2) is 19.3 Å². The maximum Gasteiger partial charge on any atom is 0.339 e. The van der Waals surface area contributed by atoms with Crippen LogP contribution in [0.1, 0.15) is 0 Å². The summed E-state index contributed by atoms with van der Waals surface area (Å²) in [6.07, 6.45) is 0. The molecule has 2 rings (SSSR count). The van der Waals surface area contributed by atoms with Gasteiger partial charge in [-0.25, -0.2) is 4.79 Å². The Bertz CT molecular complexity index is 585. The highest BCUT2D eigenvalue weighted by Crippen LogP contribution is 2.35. The minimum atomic E-state index is -0.544. The lowest BCUT2D eigenvalue weighted by atomic mass is 10.2. The van der Waals surface area contributed by atoms with Gasteiger partial charge >= 0.3 is 5.63 Å². The Kier molecular flexibility index (Phi) is 2.44. The molecule has 2 aromatic rings. The van der Waals surface area contributed by atoms with Crippen molar-refractivity contribution in [3.05, 3.63) is 28.6 Å². The molecule has 0 saturated heterocycles. The van der Waals surface area contributed by atoms with E-state index in [0.717, 1.165) is 0 Å². The van der Waals surface area contributed by atoms with Gasteiger partial charge in [-0.2, -0.15) is 0 Å². The second-order valence-electron chi connectivity index (χ2n) is 3.15. The first kappa shape index (κ1) is 10.4. The molecule has 0 aliphatic heterocycles. The summed E-state index contributed by atoms with van der Waals surface area (Å²) >= 11 is 0. The Morgan fingerprint density at radius 1 is 1.19 bits per heavy atom. The van der Waals surface area contributed by atoms with E-state index in [-0.39, 0.29) is 17.1 Å². The minimum absolute atomic E-state index is 0.0602. The average Bonchev–Trinajstić information content (AvgIpc) is 2.26. The molecule has 0 spiro atoms. The predicted octanol–water partition coefficient (Wildman–Crippen LogP) is 1.52. The number of hydrogen-bond donors (Lipinski definition) is 1. The molecule has 0 bridgehead atoms. The van der Waals surface area contributed by atoms with Gasteiger partial charge in [0.25, 0.3) is 0 Å². The van der Waals surface area contributed by atoms with Gasteiger partial charge in [0.1, 0.15) is 28.2 Å². The van der Waals surface area contributed by atoms with Crippen molar-refractivity contribution in [2.24, 2.45) is 0 Å². The molecule has 0 amide bonds. The van der Waals surface area contributed by atoms with Crippen molar-refractivity contribution in [1.82, 2.24) is 0 Å². The number of ether oxygens (including phenoxy) is 2. The molecule has 0 aliphatic rings. The molecule has 1 heterocycles. The summed E-state index contributed by atoms with van der Waals surface area (Å²) < 4.78 is 14.9. The van der Waals surface area contributed by atoms with Crippen molar-refractivity contribution < 1.29 is 19.0 Å². The normalized spacial score (nSPS) is 10.4. The highest BCUT2D eigenvalue weighted by atomic mass is 16.5. The molecule has 5 heteroatoms. The zero-order valence-corrected chi connectivity index (χ0v) is 8.81. The fraction of sp³-hybridized carbons (Fsp3) is 0.182. The van der Waals surface area contributed by atoms with Crippen molar-refractivity contribution in [1.29, 1.82) is 0 Å². The molecule has 0 unspecified atom stereocenters. The molecule has 0 saturated carbocycles. The van der Waals surface area contributed by atoms with Gasteiger partial charge in [0, 0.05) is 12.1 Å². The van der Waals surface area contributed by atoms with E-state index in [9.17, 15) is 9.90 Å². The molecule has 16 heavy (non-hydrogen) atoms. The second kappa shape index (κ2) is 3.77. The van der Waals surface area contributed by atoms with Crippen LogP contribution in [0.25, 0.3) is 11.0 Å². The number of hydrogen-bond acceptors (Lipinski definition) is 5. The summed E-state index contributed by atoms with van der Waals surface area (Å²) in [4.78, 5) is 11.2. The van der Waals surface area contributed by atoms with E-state index < -0.39 is 5.63 Å². The number of rotatable bonds is 2. The van der Waals surface area contributed by atoms with Gasteiger partial charge in [-0.1, -0.05) is 0 Å².